The molecule has 0 saturated carbocycles. The Balaban J connectivity index is 2.87. The summed E-state index contributed by atoms with van der Waals surface area (Å²) in [5.74, 6) is -0.494. The lowest BCUT2D eigenvalue weighted by Gasteiger charge is -2.29. The highest BCUT2D eigenvalue weighted by atomic mass is 35.5. The predicted molar refractivity (Wildman–Crippen MR) is 68.4 cm³/mol. The number of aliphatic hydroxyl groups excluding tert-OH is 1. The first-order valence-corrected chi connectivity index (χ1v) is 5.99. The molecular formula is C13H19ClFNO. The van der Waals surface area contributed by atoms with Crippen molar-refractivity contribution < 1.29 is 9.50 Å². The average Bonchev–Trinajstić information content (AvgIpc) is 2.15. The van der Waals surface area contributed by atoms with Crippen LogP contribution < -0.4 is 5.73 Å². The maximum atomic E-state index is 13.6. The van der Waals surface area contributed by atoms with Gasteiger partial charge in [0.05, 0.1) is 6.10 Å². The highest BCUT2D eigenvalue weighted by Gasteiger charge is 2.26. The first-order valence-electron chi connectivity index (χ1n) is 5.61. The third kappa shape index (κ3) is 3.66. The molecule has 4 heteroatoms. The molecule has 96 valence electrons. The molecule has 0 unspecified atom stereocenters. The van der Waals surface area contributed by atoms with E-state index in [1.54, 1.807) is 6.07 Å². The van der Waals surface area contributed by atoms with E-state index in [4.69, 9.17) is 17.3 Å². The number of nitrogens with two attached hydrogens (primary N) is 1. The van der Waals surface area contributed by atoms with Gasteiger partial charge >= 0.3 is 0 Å². The molecule has 0 aliphatic carbocycles. The summed E-state index contributed by atoms with van der Waals surface area (Å²) >= 11 is 5.88. The van der Waals surface area contributed by atoms with E-state index in [-0.39, 0.29) is 28.5 Å². The van der Waals surface area contributed by atoms with Crippen LogP contribution in [0.15, 0.2) is 18.2 Å². The van der Waals surface area contributed by atoms with Crippen molar-refractivity contribution in [3.63, 3.8) is 0 Å². The van der Waals surface area contributed by atoms with Crippen LogP contribution in [0.3, 0.4) is 0 Å². The molecule has 1 aromatic rings. The van der Waals surface area contributed by atoms with Gasteiger partial charge < -0.3 is 10.8 Å². The number of aliphatic hydroxyl groups is 1. The lowest BCUT2D eigenvalue weighted by molar-refractivity contribution is 0.130. The van der Waals surface area contributed by atoms with Crippen LogP contribution in [-0.2, 0) is 0 Å². The minimum absolute atomic E-state index is 0.133. The molecule has 0 bridgehead atoms. The van der Waals surface area contributed by atoms with Gasteiger partial charge in [0.2, 0.25) is 0 Å². The molecule has 0 saturated heterocycles. The number of hydrogen-bond donors (Lipinski definition) is 2. The van der Waals surface area contributed by atoms with Gasteiger partial charge in [-0.1, -0.05) is 38.4 Å². The van der Waals surface area contributed by atoms with Gasteiger partial charge in [0, 0.05) is 16.6 Å². The van der Waals surface area contributed by atoms with Crippen molar-refractivity contribution >= 4 is 11.6 Å². The topological polar surface area (TPSA) is 46.2 Å². The average molecular weight is 260 g/mol. The van der Waals surface area contributed by atoms with Crippen LogP contribution in [0, 0.1) is 11.2 Å². The first-order chi connectivity index (χ1) is 7.73. The number of rotatable bonds is 3. The van der Waals surface area contributed by atoms with Crippen LogP contribution in [0.4, 0.5) is 4.39 Å². The Morgan fingerprint density at radius 1 is 1.41 bits per heavy atom. The van der Waals surface area contributed by atoms with Crippen LogP contribution in [-0.4, -0.2) is 11.1 Å². The molecule has 0 amide bonds. The second-order valence-corrected chi connectivity index (χ2v) is 5.77. The van der Waals surface area contributed by atoms with E-state index in [0.717, 1.165) is 0 Å². The molecule has 0 spiro atoms. The second-order valence-electron chi connectivity index (χ2n) is 5.36. The van der Waals surface area contributed by atoms with E-state index in [1.165, 1.54) is 12.1 Å². The molecule has 1 rings (SSSR count). The van der Waals surface area contributed by atoms with Crippen molar-refractivity contribution in [3.8, 4) is 0 Å². The minimum atomic E-state index is -0.974. The molecule has 3 N–H and O–H groups in total. The summed E-state index contributed by atoms with van der Waals surface area (Å²) in [4.78, 5) is 0. The highest BCUT2D eigenvalue weighted by molar-refractivity contribution is 6.31. The molecule has 0 fully saturated rings. The first kappa shape index (κ1) is 14.4. The zero-order valence-corrected chi connectivity index (χ0v) is 11.1. The molecule has 0 aliphatic heterocycles. The van der Waals surface area contributed by atoms with Gasteiger partial charge in [-0.2, -0.15) is 0 Å². The molecule has 2 nitrogen and oxygen atoms in total. The third-order valence-corrected chi connectivity index (χ3v) is 3.25. The second kappa shape index (κ2) is 5.34. The van der Waals surface area contributed by atoms with Crippen LogP contribution in [0.25, 0.3) is 0 Å². The van der Waals surface area contributed by atoms with Gasteiger partial charge in [-0.05, 0) is 24.0 Å². The number of hydrogen-bond acceptors (Lipinski definition) is 2. The van der Waals surface area contributed by atoms with Crippen LogP contribution in [0.2, 0.25) is 5.02 Å². The van der Waals surface area contributed by atoms with Crippen molar-refractivity contribution in [1.29, 1.82) is 0 Å². The van der Waals surface area contributed by atoms with E-state index >= 15 is 0 Å². The minimum Gasteiger partial charge on any atom is -0.388 e. The van der Waals surface area contributed by atoms with Gasteiger partial charge in [-0.15, -0.1) is 0 Å². The SMILES string of the molecule is CC(C)(C)[C@H](N)C[C@@H](O)c1c(F)cccc1Cl. The van der Waals surface area contributed by atoms with Gasteiger partial charge in [0.25, 0.3) is 0 Å². The fraction of sp³-hybridized carbons (Fsp3) is 0.538. The molecule has 0 aromatic heterocycles. The summed E-state index contributed by atoms with van der Waals surface area (Å²) < 4.78 is 13.6. The van der Waals surface area contributed by atoms with Crippen molar-refractivity contribution in [1.82, 2.24) is 0 Å². The van der Waals surface area contributed by atoms with Crippen LogP contribution in [0.1, 0.15) is 38.9 Å². The molecule has 0 heterocycles. The summed E-state index contributed by atoms with van der Waals surface area (Å²) in [5.41, 5.74) is 5.96. The van der Waals surface area contributed by atoms with Gasteiger partial charge in [0.1, 0.15) is 5.82 Å². The van der Waals surface area contributed by atoms with E-state index in [9.17, 15) is 9.50 Å². The standard InChI is InChI=1S/C13H19ClFNO/c1-13(2,3)11(16)7-10(17)12-8(14)5-4-6-9(12)15/h4-6,10-11,17H,7,16H2,1-3H3/t10-,11-/m1/s1. The maximum Gasteiger partial charge on any atom is 0.130 e. The van der Waals surface area contributed by atoms with Gasteiger partial charge in [0.15, 0.2) is 0 Å². The summed E-state index contributed by atoms with van der Waals surface area (Å²) in [6, 6.07) is 4.13. The maximum absolute atomic E-state index is 13.6. The lowest BCUT2D eigenvalue weighted by Crippen LogP contribution is -2.36. The predicted octanol–water partition coefficient (Wildman–Crippen LogP) is 3.28. The van der Waals surface area contributed by atoms with Crippen LogP contribution >= 0.6 is 11.6 Å². The smallest absolute Gasteiger partial charge is 0.130 e. The van der Waals surface area contributed by atoms with E-state index in [1.807, 2.05) is 20.8 Å². The van der Waals surface area contributed by atoms with Crippen molar-refractivity contribution in [2.24, 2.45) is 11.1 Å². The van der Waals surface area contributed by atoms with Crippen LogP contribution in [0.5, 0.6) is 0 Å². The van der Waals surface area contributed by atoms with Crippen molar-refractivity contribution in [3.05, 3.63) is 34.6 Å². The lowest BCUT2D eigenvalue weighted by atomic mass is 9.83. The summed E-state index contributed by atoms with van der Waals surface area (Å²) in [5, 5.41) is 10.2. The molecule has 1 aromatic carbocycles. The Kier molecular flexibility index (Phi) is 4.53. The number of halogens is 2. The summed E-state index contributed by atoms with van der Waals surface area (Å²) in [7, 11) is 0. The van der Waals surface area contributed by atoms with E-state index in [2.05, 4.69) is 0 Å². The Labute approximate surface area is 107 Å². The van der Waals surface area contributed by atoms with E-state index in [0.29, 0.717) is 0 Å². The highest BCUT2D eigenvalue weighted by Crippen LogP contribution is 2.31. The summed E-state index contributed by atoms with van der Waals surface area (Å²) in [6.45, 7) is 5.94. The quantitative estimate of drug-likeness (QED) is 0.875. The fourth-order valence-corrected chi connectivity index (χ4v) is 1.83. The molecular weight excluding hydrogens is 241 g/mol. The number of benzene rings is 1. The van der Waals surface area contributed by atoms with Crippen molar-refractivity contribution in [2.75, 3.05) is 0 Å². The normalized spacial score (nSPS) is 15.7. The van der Waals surface area contributed by atoms with Gasteiger partial charge in [-0.25, -0.2) is 4.39 Å². The summed E-state index contributed by atoms with van der Waals surface area (Å²) in [6.07, 6.45) is -0.692. The largest absolute Gasteiger partial charge is 0.388 e. The molecule has 0 aliphatic rings. The Hall–Kier alpha value is -0.640. The fourth-order valence-electron chi connectivity index (χ4n) is 1.54. The molecule has 2 atom stereocenters. The Morgan fingerprint density at radius 2 is 2.00 bits per heavy atom. The molecule has 17 heavy (non-hydrogen) atoms. The van der Waals surface area contributed by atoms with Gasteiger partial charge in [-0.3, -0.25) is 0 Å². The Bertz CT molecular complexity index is 369. The monoisotopic (exact) mass is 259 g/mol. The Morgan fingerprint density at radius 3 is 2.47 bits per heavy atom. The zero-order valence-electron chi connectivity index (χ0n) is 10.4. The van der Waals surface area contributed by atoms with Crippen molar-refractivity contribution in [2.45, 2.75) is 39.3 Å². The van der Waals surface area contributed by atoms with E-state index < -0.39 is 11.9 Å². The third-order valence-electron chi connectivity index (χ3n) is 2.92. The zero-order chi connectivity index (χ0) is 13.2. The molecule has 0 radical (unpaired) electrons.